The predicted molar refractivity (Wildman–Crippen MR) is 100 cm³/mol. The van der Waals surface area contributed by atoms with Gasteiger partial charge in [-0.3, -0.25) is 9.59 Å². The third-order valence-corrected chi connectivity index (χ3v) is 4.02. The summed E-state index contributed by atoms with van der Waals surface area (Å²) in [5.41, 5.74) is 0.474. The molecule has 0 radical (unpaired) electrons. The van der Waals surface area contributed by atoms with Crippen LogP contribution in [0, 0.1) is 12.7 Å². The lowest BCUT2D eigenvalue weighted by molar-refractivity contribution is -0.117. The molecule has 3 aromatic rings. The van der Waals surface area contributed by atoms with Gasteiger partial charge >= 0.3 is 0 Å². The van der Waals surface area contributed by atoms with Crippen molar-refractivity contribution in [3.05, 3.63) is 64.2 Å². The highest BCUT2D eigenvalue weighted by Gasteiger charge is 2.14. The van der Waals surface area contributed by atoms with E-state index in [-0.39, 0.29) is 12.1 Å². The van der Waals surface area contributed by atoms with Crippen LogP contribution < -0.4 is 15.8 Å². The number of hydrogen-bond donors (Lipinski definition) is 1. The summed E-state index contributed by atoms with van der Waals surface area (Å²) in [7, 11) is 3.64. The highest BCUT2D eigenvalue weighted by Crippen LogP contribution is 2.20. The third-order valence-electron chi connectivity index (χ3n) is 4.02. The number of nitrogens with zero attached hydrogens (tertiary/aromatic N) is 3. The topological polar surface area (TPSA) is 67.2 Å². The molecule has 3 rings (SSSR count). The largest absolute Gasteiger partial charge is 0.361 e. The Balaban J connectivity index is 1.92. The zero-order valence-corrected chi connectivity index (χ0v) is 14.8. The van der Waals surface area contributed by atoms with Crippen molar-refractivity contribution < 1.29 is 9.18 Å². The van der Waals surface area contributed by atoms with Crippen molar-refractivity contribution in [1.82, 2.24) is 9.78 Å². The van der Waals surface area contributed by atoms with Gasteiger partial charge in [0.25, 0.3) is 5.56 Å². The fourth-order valence-corrected chi connectivity index (χ4v) is 2.66. The van der Waals surface area contributed by atoms with Crippen LogP contribution in [0.4, 0.5) is 15.9 Å². The molecule has 0 saturated carbocycles. The molecule has 134 valence electrons. The molecule has 0 spiro atoms. The Bertz CT molecular complexity index is 1040. The molecule has 0 saturated heterocycles. The van der Waals surface area contributed by atoms with Gasteiger partial charge in [-0.25, -0.2) is 9.07 Å². The van der Waals surface area contributed by atoms with Crippen LogP contribution in [0.25, 0.3) is 10.8 Å². The monoisotopic (exact) mass is 354 g/mol. The van der Waals surface area contributed by atoms with Gasteiger partial charge in [0.2, 0.25) is 5.91 Å². The standard InChI is InChI=1S/C19H19FN4O2/c1-12-8-9-13(10-16(12)20)21-17(25)11-24-19(26)15-7-5-4-6-14(15)18(22-24)23(2)3/h4-10H,11H2,1-3H3,(H,21,25). The Morgan fingerprint density at radius 1 is 1.19 bits per heavy atom. The first kappa shape index (κ1) is 17.6. The van der Waals surface area contributed by atoms with E-state index in [1.54, 1.807) is 36.1 Å². The average Bonchev–Trinajstić information content (AvgIpc) is 2.60. The second kappa shape index (κ2) is 6.95. The van der Waals surface area contributed by atoms with Crippen molar-refractivity contribution in [2.45, 2.75) is 13.5 Å². The van der Waals surface area contributed by atoms with Crippen LogP contribution >= 0.6 is 0 Å². The summed E-state index contributed by atoms with van der Waals surface area (Å²) in [5.74, 6) is -0.268. The normalized spacial score (nSPS) is 10.8. The number of benzene rings is 2. The van der Waals surface area contributed by atoms with E-state index in [9.17, 15) is 14.0 Å². The van der Waals surface area contributed by atoms with Gasteiger partial charge in [0, 0.05) is 25.2 Å². The van der Waals surface area contributed by atoms with Crippen LogP contribution in [-0.2, 0) is 11.3 Å². The molecule has 0 aliphatic heterocycles. The Morgan fingerprint density at radius 2 is 1.88 bits per heavy atom. The number of fused-ring (bicyclic) bond motifs is 1. The van der Waals surface area contributed by atoms with E-state index in [0.717, 1.165) is 10.1 Å². The first-order valence-corrected chi connectivity index (χ1v) is 8.10. The number of halogens is 1. The van der Waals surface area contributed by atoms with Crippen LogP contribution in [0.15, 0.2) is 47.3 Å². The maximum Gasteiger partial charge on any atom is 0.275 e. The zero-order chi connectivity index (χ0) is 18.8. The highest BCUT2D eigenvalue weighted by molar-refractivity contribution is 5.93. The van der Waals surface area contributed by atoms with E-state index < -0.39 is 11.7 Å². The van der Waals surface area contributed by atoms with Gasteiger partial charge in [-0.2, -0.15) is 5.10 Å². The summed E-state index contributed by atoms with van der Waals surface area (Å²) in [4.78, 5) is 26.7. The molecule has 0 atom stereocenters. The van der Waals surface area contributed by atoms with Crippen molar-refractivity contribution in [1.29, 1.82) is 0 Å². The lowest BCUT2D eigenvalue weighted by Gasteiger charge is -2.16. The smallest absolute Gasteiger partial charge is 0.275 e. The molecular formula is C19H19FN4O2. The number of carbonyl (C=O) groups is 1. The zero-order valence-electron chi connectivity index (χ0n) is 14.8. The van der Waals surface area contributed by atoms with Gasteiger partial charge in [-0.15, -0.1) is 0 Å². The van der Waals surface area contributed by atoms with Crippen molar-refractivity contribution in [3.8, 4) is 0 Å². The second-order valence-corrected chi connectivity index (χ2v) is 6.24. The molecule has 26 heavy (non-hydrogen) atoms. The fraction of sp³-hybridized carbons (Fsp3) is 0.211. The summed E-state index contributed by atoms with van der Waals surface area (Å²) in [6.45, 7) is 1.38. The minimum atomic E-state index is -0.456. The molecule has 1 aromatic heterocycles. The fourth-order valence-electron chi connectivity index (χ4n) is 2.66. The van der Waals surface area contributed by atoms with Crippen molar-refractivity contribution >= 4 is 28.2 Å². The van der Waals surface area contributed by atoms with Crippen LogP contribution in [0.3, 0.4) is 0 Å². The van der Waals surface area contributed by atoms with Gasteiger partial charge in [0.1, 0.15) is 12.4 Å². The van der Waals surface area contributed by atoms with E-state index in [4.69, 9.17) is 0 Å². The van der Waals surface area contributed by atoms with E-state index >= 15 is 0 Å². The molecule has 1 heterocycles. The van der Waals surface area contributed by atoms with Crippen LogP contribution in [-0.4, -0.2) is 29.8 Å². The molecule has 2 aromatic carbocycles. The molecular weight excluding hydrogens is 335 g/mol. The highest BCUT2D eigenvalue weighted by atomic mass is 19.1. The number of hydrogen-bond acceptors (Lipinski definition) is 4. The van der Waals surface area contributed by atoms with Crippen LogP contribution in [0.2, 0.25) is 0 Å². The predicted octanol–water partition coefficient (Wildman–Crippen LogP) is 2.55. The third kappa shape index (κ3) is 3.42. The molecule has 1 N–H and O–H groups in total. The summed E-state index contributed by atoms with van der Waals surface area (Å²) in [6.07, 6.45) is 0. The quantitative estimate of drug-likeness (QED) is 0.782. The number of anilines is 2. The van der Waals surface area contributed by atoms with Crippen LogP contribution in [0.1, 0.15) is 5.56 Å². The molecule has 0 fully saturated rings. The van der Waals surface area contributed by atoms with Gasteiger partial charge in [-0.05, 0) is 30.7 Å². The number of rotatable bonds is 4. The van der Waals surface area contributed by atoms with Crippen LogP contribution in [0.5, 0.6) is 0 Å². The second-order valence-electron chi connectivity index (χ2n) is 6.24. The Kier molecular flexibility index (Phi) is 4.71. The van der Waals surface area contributed by atoms with E-state index in [1.807, 2.05) is 26.2 Å². The van der Waals surface area contributed by atoms with Gasteiger partial charge in [-0.1, -0.05) is 24.3 Å². The molecule has 0 aliphatic carbocycles. The summed E-state index contributed by atoms with van der Waals surface area (Å²) in [6, 6.07) is 11.6. The Hall–Kier alpha value is -3.22. The molecule has 0 aliphatic rings. The SMILES string of the molecule is Cc1ccc(NC(=O)Cn2nc(N(C)C)c3ccccc3c2=O)cc1F. The molecule has 6 nitrogen and oxygen atoms in total. The summed E-state index contributed by atoms with van der Waals surface area (Å²) >= 11 is 0. The summed E-state index contributed by atoms with van der Waals surface area (Å²) in [5, 5.41) is 8.11. The van der Waals surface area contributed by atoms with Gasteiger partial charge in [0.05, 0.1) is 5.39 Å². The van der Waals surface area contributed by atoms with Crippen molar-refractivity contribution in [2.24, 2.45) is 0 Å². The maximum absolute atomic E-state index is 13.6. The average molecular weight is 354 g/mol. The number of carbonyl (C=O) groups excluding carboxylic acids is 1. The van der Waals surface area contributed by atoms with E-state index in [1.165, 1.54) is 6.07 Å². The lowest BCUT2D eigenvalue weighted by atomic mass is 10.2. The number of aromatic nitrogens is 2. The molecule has 1 amide bonds. The van der Waals surface area contributed by atoms with Crippen molar-refractivity contribution in [2.75, 3.05) is 24.3 Å². The number of aryl methyl sites for hydroxylation is 1. The Labute approximate surface area is 149 Å². The minimum absolute atomic E-state index is 0.264. The minimum Gasteiger partial charge on any atom is -0.361 e. The molecule has 7 heteroatoms. The van der Waals surface area contributed by atoms with Crippen molar-refractivity contribution in [3.63, 3.8) is 0 Å². The summed E-state index contributed by atoms with van der Waals surface area (Å²) < 4.78 is 14.7. The number of amides is 1. The Morgan fingerprint density at radius 3 is 2.54 bits per heavy atom. The lowest BCUT2D eigenvalue weighted by Crippen LogP contribution is -2.31. The molecule has 0 unspecified atom stereocenters. The first-order valence-electron chi connectivity index (χ1n) is 8.10. The van der Waals surface area contributed by atoms with Gasteiger partial charge < -0.3 is 10.2 Å². The van der Waals surface area contributed by atoms with Gasteiger partial charge in [0.15, 0.2) is 5.82 Å². The van der Waals surface area contributed by atoms with E-state index in [2.05, 4.69) is 10.4 Å². The first-order chi connectivity index (χ1) is 12.4. The maximum atomic E-state index is 13.6. The van der Waals surface area contributed by atoms with E-state index in [0.29, 0.717) is 22.5 Å². The molecule has 0 bridgehead atoms. The number of nitrogens with one attached hydrogen (secondary N) is 1.